The second-order valence-corrected chi connectivity index (χ2v) is 7.19. The first-order valence-corrected chi connectivity index (χ1v) is 9.38. The molecule has 1 N–H and O–H groups in total. The van der Waals surface area contributed by atoms with Gasteiger partial charge in [0.25, 0.3) is 5.24 Å². The molecule has 1 aliphatic rings. The Balaban J connectivity index is 1.67. The summed E-state index contributed by atoms with van der Waals surface area (Å²) in [4.78, 5) is 23.2. The summed E-state index contributed by atoms with van der Waals surface area (Å²) in [6.45, 7) is 0.676. The fourth-order valence-electron chi connectivity index (χ4n) is 3.27. The van der Waals surface area contributed by atoms with Gasteiger partial charge in [0, 0.05) is 36.0 Å². The van der Waals surface area contributed by atoms with E-state index in [1.807, 2.05) is 48.7 Å². The Labute approximate surface area is 161 Å². The minimum atomic E-state index is -0.332. The summed E-state index contributed by atoms with van der Waals surface area (Å²) in [6, 6.07) is 18.1. The van der Waals surface area contributed by atoms with Crippen LogP contribution in [0.1, 0.15) is 17.2 Å². The molecule has 1 aliphatic heterocycles. The molecular weight excluding hydrogens is 360 g/mol. The number of rotatable bonds is 5. The molecule has 2 aromatic carbocycles. The lowest BCUT2D eigenvalue weighted by molar-refractivity contribution is -0.107. The Kier molecular flexibility index (Phi) is 4.83. The molecule has 0 radical (unpaired) electrons. The van der Waals surface area contributed by atoms with Gasteiger partial charge < -0.3 is 14.6 Å². The van der Waals surface area contributed by atoms with Gasteiger partial charge in [0.2, 0.25) is 5.12 Å². The molecule has 2 heterocycles. The number of benzene rings is 2. The van der Waals surface area contributed by atoms with Crippen LogP contribution in [0.3, 0.4) is 0 Å². The SMILES string of the molecule is COC(Cn1ccc2c(C=C3NC(=O)SC3=O)cccc21)c1ccccc1. The van der Waals surface area contributed by atoms with Crippen molar-refractivity contribution in [3.05, 3.63) is 77.6 Å². The fourth-order valence-corrected chi connectivity index (χ4v) is 3.82. The first-order valence-electron chi connectivity index (χ1n) is 8.56. The molecule has 4 rings (SSSR count). The molecule has 27 heavy (non-hydrogen) atoms. The maximum absolute atomic E-state index is 11.9. The molecule has 6 heteroatoms. The smallest absolute Gasteiger partial charge is 0.291 e. The van der Waals surface area contributed by atoms with Crippen molar-refractivity contribution < 1.29 is 14.3 Å². The average Bonchev–Trinajstić information content (AvgIpc) is 3.23. The molecule has 0 aliphatic carbocycles. The van der Waals surface area contributed by atoms with Crippen LogP contribution in [0.5, 0.6) is 0 Å². The van der Waals surface area contributed by atoms with Gasteiger partial charge in [-0.1, -0.05) is 42.5 Å². The summed E-state index contributed by atoms with van der Waals surface area (Å²) in [7, 11) is 1.71. The van der Waals surface area contributed by atoms with Gasteiger partial charge >= 0.3 is 0 Å². The largest absolute Gasteiger partial charge is 0.375 e. The molecule has 1 saturated heterocycles. The van der Waals surface area contributed by atoms with Crippen molar-refractivity contribution in [2.24, 2.45) is 0 Å². The zero-order valence-corrected chi connectivity index (χ0v) is 15.5. The quantitative estimate of drug-likeness (QED) is 0.671. The predicted molar refractivity (Wildman–Crippen MR) is 107 cm³/mol. The summed E-state index contributed by atoms with van der Waals surface area (Å²) in [5.74, 6) is 0. The Bertz CT molecular complexity index is 1040. The van der Waals surface area contributed by atoms with E-state index in [9.17, 15) is 9.59 Å². The Morgan fingerprint density at radius 2 is 1.93 bits per heavy atom. The summed E-state index contributed by atoms with van der Waals surface area (Å²) >= 11 is 0.688. The van der Waals surface area contributed by atoms with E-state index in [-0.39, 0.29) is 16.5 Å². The van der Waals surface area contributed by atoms with Crippen LogP contribution >= 0.6 is 11.8 Å². The van der Waals surface area contributed by atoms with E-state index in [1.165, 1.54) is 0 Å². The van der Waals surface area contributed by atoms with Gasteiger partial charge in [0.1, 0.15) is 0 Å². The lowest BCUT2D eigenvalue weighted by Crippen LogP contribution is -2.10. The number of carbonyl (C=O) groups excluding carboxylic acids is 2. The van der Waals surface area contributed by atoms with Crippen LogP contribution in [-0.4, -0.2) is 22.0 Å². The topological polar surface area (TPSA) is 60.3 Å². The zero-order valence-electron chi connectivity index (χ0n) is 14.7. The lowest BCUT2D eigenvalue weighted by atomic mass is 10.1. The predicted octanol–water partition coefficient (Wildman–Crippen LogP) is 4.35. The first-order chi connectivity index (χ1) is 13.2. The highest BCUT2D eigenvalue weighted by molar-refractivity contribution is 8.27. The van der Waals surface area contributed by atoms with Crippen LogP contribution in [-0.2, 0) is 16.1 Å². The number of nitrogens with zero attached hydrogens (tertiary/aromatic N) is 1. The van der Waals surface area contributed by atoms with Gasteiger partial charge in [-0.3, -0.25) is 9.59 Å². The van der Waals surface area contributed by atoms with Crippen LogP contribution in [0.25, 0.3) is 17.0 Å². The number of hydrogen-bond donors (Lipinski definition) is 1. The normalized spacial score (nSPS) is 16.9. The number of thioether (sulfide) groups is 1. The molecule has 0 spiro atoms. The highest BCUT2D eigenvalue weighted by Crippen LogP contribution is 2.27. The van der Waals surface area contributed by atoms with Gasteiger partial charge in [0.05, 0.1) is 18.3 Å². The van der Waals surface area contributed by atoms with Crippen molar-refractivity contribution in [1.29, 1.82) is 0 Å². The van der Waals surface area contributed by atoms with E-state index >= 15 is 0 Å². The number of fused-ring (bicyclic) bond motifs is 1. The molecule has 1 amide bonds. The first kappa shape index (κ1) is 17.6. The fraction of sp³-hybridized carbons (Fsp3) is 0.143. The number of aromatic nitrogens is 1. The molecular formula is C21H18N2O3S. The maximum Gasteiger partial charge on any atom is 0.291 e. The Morgan fingerprint density at radius 3 is 2.63 bits per heavy atom. The highest BCUT2D eigenvalue weighted by Gasteiger charge is 2.25. The van der Waals surface area contributed by atoms with Gasteiger partial charge in [0.15, 0.2) is 0 Å². The zero-order chi connectivity index (χ0) is 18.8. The van der Waals surface area contributed by atoms with Crippen LogP contribution in [0.4, 0.5) is 4.79 Å². The van der Waals surface area contributed by atoms with E-state index < -0.39 is 0 Å². The molecule has 0 bridgehead atoms. The molecule has 136 valence electrons. The number of carbonyl (C=O) groups is 2. The van der Waals surface area contributed by atoms with Crippen molar-refractivity contribution in [3.63, 3.8) is 0 Å². The van der Waals surface area contributed by atoms with E-state index in [1.54, 1.807) is 13.2 Å². The third kappa shape index (κ3) is 3.54. The molecule has 1 aromatic heterocycles. The molecule has 3 aromatic rings. The number of amides is 1. The second-order valence-electron chi connectivity index (χ2n) is 6.24. The molecule has 1 fully saturated rings. The molecule has 1 unspecified atom stereocenters. The van der Waals surface area contributed by atoms with Gasteiger partial charge in [-0.15, -0.1) is 0 Å². The van der Waals surface area contributed by atoms with Crippen molar-refractivity contribution in [2.75, 3.05) is 7.11 Å². The highest BCUT2D eigenvalue weighted by atomic mass is 32.2. The van der Waals surface area contributed by atoms with Crippen molar-refractivity contribution >= 4 is 39.1 Å². The third-order valence-electron chi connectivity index (χ3n) is 4.61. The van der Waals surface area contributed by atoms with E-state index in [0.29, 0.717) is 24.0 Å². The number of ether oxygens (including phenoxy) is 1. The average molecular weight is 378 g/mol. The van der Waals surface area contributed by atoms with Gasteiger partial charge in [-0.25, -0.2) is 0 Å². The van der Waals surface area contributed by atoms with E-state index in [0.717, 1.165) is 22.0 Å². The maximum atomic E-state index is 11.9. The second kappa shape index (κ2) is 7.42. The number of methoxy groups -OCH3 is 1. The van der Waals surface area contributed by atoms with Crippen molar-refractivity contribution in [1.82, 2.24) is 9.88 Å². The molecule has 5 nitrogen and oxygen atoms in total. The third-order valence-corrected chi connectivity index (χ3v) is 5.30. The van der Waals surface area contributed by atoms with Crippen LogP contribution in [0.15, 0.2) is 66.5 Å². The van der Waals surface area contributed by atoms with Gasteiger partial charge in [-0.2, -0.15) is 0 Å². The number of nitrogens with one attached hydrogen (secondary N) is 1. The van der Waals surface area contributed by atoms with Crippen LogP contribution < -0.4 is 5.32 Å². The minimum Gasteiger partial charge on any atom is -0.375 e. The molecule has 1 atom stereocenters. The summed E-state index contributed by atoms with van der Waals surface area (Å²) < 4.78 is 7.84. The van der Waals surface area contributed by atoms with Crippen LogP contribution in [0, 0.1) is 0 Å². The van der Waals surface area contributed by atoms with Gasteiger partial charge in [-0.05, 0) is 29.3 Å². The standard InChI is InChI=1S/C21H18N2O3S/c1-26-19(14-6-3-2-4-7-14)13-23-11-10-16-15(8-5-9-18(16)23)12-17-20(24)27-21(25)22-17/h2-12,19H,13H2,1H3,(H,22,25). The van der Waals surface area contributed by atoms with E-state index in [4.69, 9.17) is 4.74 Å². The summed E-state index contributed by atoms with van der Waals surface area (Å²) in [5, 5.41) is 3.03. The molecule has 0 saturated carbocycles. The Morgan fingerprint density at radius 1 is 1.11 bits per heavy atom. The van der Waals surface area contributed by atoms with Crippen molar-refractivity contribution in [2.45, 2.75) is 12.6 Å². The summed E-state index contributed by atoms with van der Waals surface area (Å²) in [6.07, 6.45) is 3.69. The lowest BCUT2D eigenvalue weighted by Gasteiger charge is -2.17. The van der Waals surface area contributed by atoms with Crippen LogP contribution in [0.2, 0.25) is 0 Å². The summed E-state index contributed by atoms with van der Waals surface area (Å²) in [5.41, 5.74) is 3.39. The number of hydrogen-bond acceptors (Lipinski definition) is 4. The monoisotopic (exact) mass is 378 g/mol. The van der Waals surface area contributed by atoms with E-state index in [2.05, 4.69) is 22.0 Å². The van der Waals surface area contributed by atoms with Crippen molar-refractivity contribution in [3.8, 4) is 0 Å². The Hall–Kier alpha value is -2.83. The minimum absolute atomic E-state index is 0.0593.